The van der Waals surface area contributed by atoms with E-state index in [9.17, 15) is 9.59 Å². The first-order chi connectivity index (χ1) is 11.1. The first kappa shape index (κ1) is 16.9. The summed E-state index contributed by atoms with van der Waals surface area (Å²) in [6.45, 7) is 3.10. The lowest BCUT2D eigenvalue weighted by Crippen LogP contribution is -2.28. The van der Waals surface area contributed by atoms with Gasteiger partial charge in [0.15, 0.2) is 11.5 Å². The van der Waals surface area contributed by atoms with Crippen LogP contribution in [0.25, 0.3) is 0 Å². The van der Waals surface area contributed by atoms with Crippen LogP contribution in [0.3, 0.4) is 0 Å². The minimum absolute atomic E-state index is 0.0580. The van der Waals surface area contributed by atoms with E-state index in [1.807, 2.05) is 0 Å². The molecular formula is C15H19NO7. The van der Waals surface area contributed by atoms with Gasteiger partial charge >= 0.3 is 6.16 Å². The third-order valence-corrected chi connectivity index (χ3v) is 3.20. The molecule has 1 aliphatic rings. The lowest BCUT2D eigenvalue weighted by Gasteiger charge is -2.17. The van der Waals surface area contributed by atoms with Crippen molar-refractivity contribution in [2.45, 2.75) is 6.92 Å². The average molecular weight is 325 g/mol. The first-order valence-electron chi connectivity index (χ1n) is 7.08. The average Bonchev–Trinajstić information content (AvgIpc) is 3.08. The second kappa shape index (κ2) is 7.68. The van der Waals surface area contributed by atoms with Gasteiger partial charge in [-0.25, -0.2) is 4.79 Å². The Labute approximate surface area is 133 Å². The Balaban J connectivity index is 2.33. The van der Waals surface area contributed by atoms with Gasteiger partial charge in [0.2, 0.25) is 5.75 Å². The highest BCUT2D eigenvalue weighted by molar-refractivity contribution is 5.95. The van der Waals surface area contributed by atoms with Crippen LogP contribution in [0.2, 0.25) is 0 Å². The molecule has 0 radical (unpaired) electrons. The Morgan fingerprint density at radius 1 is 1.22 bits per heavy atom. The molecule has 0 saturated carbocycles. The molecule has 1 fully saturated rings. The fourth-order valence-corrected chi connectivity index (χ4v) is 2.09. The summed E-state index contributed by atoms with van der Waals surface area (Å²) in [5, 5.41) is 0. The van der Waals surface area contributed by atoms with Crippen molar-refractivity contribution >= 4 is 12.1 Å². The number of ether oxygens (including phenoxy) is 5. The van der Waals surface area contributed by atoms with Gasteiger partial charge in [0.1, 0.15) is 6.73 Å². The highest BCUT2D eigenvalue weighted by atomic mass is 16.7. The van der Waals surface area contributed by atoms with Gasteiger partial charge in [0.25, 0.3) is 5.91 Å². The van der Waals surface area contributed by atoms with Crippen molar-refractivity contribution in [3.05, 3.63) is 17.7 Å². The molecule has 126 valence electrons. The third-order valence-electron chi connectivity index (χ3n) is 3.20. The molecule has 0 aromatic heterocycles. The number of carbonyl (C=O) groups is 2. The van der Waals surface area contributed by atoms with E-state index in [-0.39, 0.29) is 36.5 Å². The van der Waals surface area contributed by atoms with Crippen molar-refractivity contribution in [3.63, 3.8) is 0 Å². The second-order valence-corrected chi connectivity index (χ2v) is 4.60. The normalized spacial score (nSPS) is 13.6. The highest BCUT2D eigenvalue weighted by Gasteiger charge is 2.25. The van der Waals surface area contributed by atoms with Crippen molar-refractivity contribution in [2.24, 2.45) is 0 Å². The number of nitrogens with zero attached hydrogens (tertiary/aromatic N) is 1. The van der Waals surface area contributed by atoms with Gasteiger partial charge in [-0.3, -0.25) is 4.79 Å². The summed E-state index contributed by atoms with van der Waals surface area (Å²) in [5.41, 5.74) is 0.348. The SMILES string of the molecule is CCOC(=O)Oc1c(OC)cc(C(=O)N2CCOC2)cc1OC. The second-order valence-electron chi connectivity index (χ2n) is 4.60. The fourth-order valence-electron chi connectivity index (χ4n) is 2.09. The largest absolute Gasteiger partial charge is 0.514 e. The molecule has 8 heteroatoms. The minimum Gasteiger partial charge on any atom is -0.493 e. The molecule has 1 aromatic carbocycles. The summed E-state index contributed by atoms with van der Waals surface area (Å²) in [4.78, 5) is 25.5. The standard InChI is InChI=1S/C15H19NO7/c1-4-22-15(18)23-13-11(19-2)7-10(8-12(13)20-3)14(17)16-5-6-21-9-16/h7-8H,4-6,9H2,1-3H3. The molecule has 0 aliphatic carbocycles. The highest BCUT2D eigenvalue weighted by Crippen LogP contribution is 2.39. The van der Waals surface area contributed by atoms with Gasteiger partial charge in [0.05, 0.1) is 27.4 Å². The van der Waals surface area contributed by atoms with E-state index in [2.05, 4.69) is 0 Å². The Bertz CT molecular complexity index is 556. The lowest BCUT2D eigenvalue weighted by molar-refractivity contribution is 0.0694. The van der Waals surface area contributed by atoms with E-state index >= 15 is 0 Å². The number of hydrogen-bond acceptors (Lipinski definition) is 7. The number of hydrogen-bond donors (Lipinski definition) is 0. The van der Waals surface area contributed by atoms with Crippen LogP contribution in [0.1, 0.15) is 17.3 Å². The number of amides is 1. The summed E-state index contributed by atoms with van der Waals surface area (Å²) in [7, 11) is 2.81. The van der Waals surface area contributed by atoms with E-state index in [1.165, 1.54) is 26.4 Å². The van der Waals surface area contributed by atoms with Gasteiger partial charge in [0, 0.05) is 12.1 Å². The van der Waals surface area contributed by atoms with E-state index in [4.69, 9.17) is 23.7 Å². The molecule has 0 bridgehead atoms. The van der Waals surface area contributed by atoms with Crippen molar-refractivity contribution in [1.29, 1.82) is 0 Å². The number of rotatable bonds is 5. The van der Waals surface area contributed by atoms with Crippen molar-refractivity contribution in [1.82, 2.24) is 4.90 Å². The van der Waals surface area contributed by atoms with Crippen LogP contribution in [-0.2, 0) is 9.47 Å². The van der Waals surface area contributed by atoms with Crippen molar-refractivity contribution < 1.29 is 33.3 Å². The Morgan fingerprint density at radius 3 is 2.35 bits per heavy atom. The van der Waals surface area contributed by atoms with Crippen LogP contribution < -0.4 is 14.2 Å². The molecule has 0 N–H and O–H groups in total. The van der Waals surface area contributed by atoms with Crippen LogP contribution in [0.4, 0.5) is 4.79 Å². The van der Waals surface area contributed by atoms with Crippen LogP contribution in [0.5, 0.6) is 17.2 Å². The third kappa shape index (κ3) is 3.84. The van der Waals surface area contributed by atoms with Gasteiger partial charge in [-0.2, -0.15) is 0 Å². The van der Waals surface area contributed by atoms with Gasteiger partial charge in [-0.1, -0.05) is 0 Å². The van der Waals surface area contributed by atoms with E-state index in [0.717, 1.165) is 0 Å². The van der Waals surface area contributed by atoms with Crippen molar-refractivity contribution in [3.8, 4) is 17.2 Å². The summed E-state index contributed by atoms with van der Waals surface area (Å²) < 4.78 is 25.4. The van der Waals surface area contributed by atoms with E-state index in [1.54, 1.807) is 11.8 Å². The van der Waals surface area contributed by atoms with Crippen LogP contribution in [0.15, 0.2) is 12.1 Å². The van der Waals surface area contributed by atoms with Gasteiger partial charge < -0.3 is 28.6 Å². The van der Waals surface area contributed by atoms with Crippen LogP contribution >= 0.6 is 0 Å². The lowest BCUT2D eigenvalue weighted by atomic mass is 10.1. The maximum atomic E-state index is 12.4. The molecule has 0 spiro atoms. The maximum Gasteiger partial charge on any atom is 0.514 e. The van der Waals surface area contributed by atoms with Crippen molar-refractivity contribution in [2.75, 3.05) is 40.7 Å². The molecule has 1 aliphatic heterocycles. The molecule has 0 unspecified atom stereocenters. The molecule has 23 heavy (non-hydrogen) atoms. The monoisotopic (exact) mass is 325 g/mol. The smallest absolute Gasteiger partial charge is 0.493 e. The molecular weight excluding hydrogens is 306 g/mol. The van der Waals surface area contributed by atoms with E-state index in [0.29, 0.717) is 18.7 Å². The summed E-state index contributed by atoms with van der Waals surface area (Å²) in [6, 6.07) is 2.97. The minimum atomic E-state index is -0.879. The predicted octanol–water partition coefficient (Wildman–Crippen LogP) is 1.67. The topological polar surface area (TPSA) is 83.5 Å². The Kier molecular flexibility index (Phi) is 5.64. The molecule has 2 rings (SSSR count). The summed E-state index contributed by atoms with van der Waals surface area (Å²) in [5.74, 6) is 0.228. The Hall–Kier alpha value is -2.48. The molecule has 1 aromatic rings. The van der Waals surface area contributed by atoms with Crippen LogP contribution in [-0.4, -0.2) is 57.7 Å². The van der Waals surface area contributed by atoms with Gasteiger partial charge in [-0.15, -0.1) is 0 Å². The Morgan fingerprint density at radius 2 is 1.87 bits per heavy atom. The first-order valence-corrected chi connectivity index (χ1v) is 7.08. The number of methoxy groups -OCH3 is 2. The van der Waals surface area contributed by atoms with Crippen LogP contribution in [0, 0.1) is 0 Å². The number of benzene rings is 1. The zero-order chi connectivity index (χ0) is 16.8. The quantitative estimate of drug-likeness (QED) is 0.601. The predicted molar refractivity (Wildman–Crippen MR) is 79.1 cm³/mol. The molecule has 1 heterocycles. The maximum absolute atomic E-state index is 12.4. The summed E-state index contributed by atoms with van der Waals surface area (Å²) >= 11 is 0. The zero-order valence-electron chi connectivity index (χ0n) is 13.3. The van der Waals surface area contributed by atoms with Gasteiger partial charge in [-0.05, 0) is 19.1 Å². The zero-order valence-corrected chi connectivity index (χ0v) is 13.3. The number of carbonyl (C=O) groups excluding carboxylic acids is 2. The molecule has 0 atom stereocenters. The molecule has 8 nitrogen and oxygen atoms in total. The fraction of sp³-hybridized carbons (Fsp3) is 0.467. The van der Waals surface area contributed by atoms with E-state index < -0.39 is 6.16 Å². The summed E-state index contributed by atoms with van der Waals surface area (Å²) in [6.07, 6.45) is -0.879. The molecule has 1 amide bonds. The molecule has 1 saturated heterocycles.